The molecule has 1 fully saturated rings. The maximum absolute atomic E-state index is 12.8. The molecule has 0 radical (unpaired) electrons. The predicted molar refractivity (Wildman–Crippen MR) is 130 cm³/mol. The third-order valence-corrected chi connectivity index (χ3v) is 6.71. The molecule has 2 aromatic rings. The van der Waals surface area contributed by atoms with Gasteiger partial charge in [0.05, 0.1) is 19.1 Å². The second-order valence-corrected chi connectivity index (χ2v) is 9.14. The lowest BCUT2D eigenvalue weighted by Crippen LogP contribution is -2.42. The third kappa shape index (κ3) is 5.20. The fourth-order valence-corrected chi connectivity index (χ4v) is 4.88. The summed E-state index contributed by atoms with van der Waals surface area (Å²) in [6.07, 6.45) is 1.68. The highest BCUT2D eigenvalue weighted by Gasteiger charge is 2.38. The van der Waals surface area contributed by atoms with Gasteiger partial charge >= 0.3 is 5.97 Å². The second-order valence-electron chi connectivity index (χ2n) is 6.65. The lowest BCUT2D eigenvalue weighted by Gasteiger charge is -2.20. The molecule has 10 heteroatoms. The number of thiocarbonyl (C=S) groups is 1. The average Bonchev–Trinajstić information content (AvgIpc) is 3.05. The summed E-state index contributed by atoms with van der Waals surface area (Å²) in [7, 11) is 2.79. The van der Waals surface area contributed by atoms with E-state index in [0.717, 1.165) is 11.8 Å². The summed E-state index contributed by atoms with van der Waals surface area (Å²) < 4.78 is 16.3. The number of methoxy groups -OCH3 is 2. The van der Waals surface area contributed by atoms with Crippen molar-refractivity contribution in [3.8, 4) is 11.5 Å². The molecule has 3 rings (SSSR count). The summed E-state index contributed by atoms with van der Waals surface area (Å²) in [6, 6.07) is 9.68. The highest BCUT2D eigenvalue weighted by Crippen LogP contribution is 2.36. The van der Waals surface area contributed by atoms with Crippen LogP contribution in [0.3, 0.4) is 0 Å². The van der Waals surface area contributed by atoms with Crippen LogP contribution in [0.1, 0.15) is 18.1 Å². The van der Waals surface area contributed by atoms with E-state index in [1.807, 2.05) is 0 Å². The van der Waals surface area contributed by atoms with Gasteiger partial charge in [0.25, 0.3) is 5.91 Å². The summed E-state index contributed by atoms with van der Waals surface area (Å²) in [6.45, 7) is 1.73. The van der Waals surface area contributed by atoms with Crippen LogP contribution in [0.25, 0.3) is 6.08 Å². The number of thioether (sulfide) groups is 1. The summed E-state index contributed by atoms with van der Waals surface area (Å²) in [5.74, 6) is 0.0720. The Labute approximate surface area is 205 Å². The number of ether oxygens (including phenoxy) is 3. The molecule has 0 N–H and O–H groups in total. The van der Waals surface area contributed by atoms with Crippen LogP contribution in [-0.2, 0) is 20.9 Å². The molecular formula is C22H19Cl2NO5S2. The van der Waals surface area contributed by atoms with E-state index in [2.05, 4.69) is 0 Å². The monoisotopic (exact) mass is 511 g/mol. The number of nitrogens with zero attached hydrogens (tertiary/aromatic N) is 1. The van der Waals surface area contributed by atoms with Gasteiger partial charge in [0.2, 0.25) is 0 Å². The molecule has 2 aromatic carbocycles. The summed E-state index contributed by atoms with van der Waals surface area (Å²) >= 11 is 18.8. The Hall–Kier alpha value is -2.26. The van der Waals surface area contributed by atoms with E-state index in [-0.39, 0.29) is 12.5 Å². The molecule has 0 saturated carbocycles. The maximum Gasteiger partial charge on any atom is 0.328 e. The fraction of sp³-hybridized carbons (Fsp3) is 0.227. The van der Waals surface area contributed by atoms with Crippen LogP contribution in [0, 0.1) is 0 Å². The number of esters is 1. The Morgan fingerprint density at radius 2 is 1.88 bits per heavy atom. The van der Waals surface area contributed by atoms with Crippen molar-refractivity contribution in [2.45, 2.75) is 19.6 Å². The number of benzene rings is 2. The largest absolute Gasteiger partial charge is 0.493 e. The molecule has 32 heavy (non-hydrogen) atoms. The van der Waals surface area contributed by atoms with Gasteiger partial charge < -0.3 is 14.2 Å². The van der Waals surface area contributed by atoms with Gasteiger partial charge in [0.15, 0.2) is 11.5 Å². The molecule has 1 heterocycles. The molecule has 1 amide bonds. The first kappa shape index (κ1) is 24.4. The molecule has 1 aliphatic rings. The highest BCUT2D eigenvalue weighted by atomic mass is 35.5. The van der Waals surface area contributed by atoms with Crippen molar-refractivity contribution < 1.29 is 23.8 Å². The molecular weight excluding hydrogens is 493 g/mol. The number of hydrogen-bond acceptors (Lipinski definition) is 7. The zero-order valence-corrected chi connectivity index (χ0v) is 20.5. The van der Waals surface area contributed by atoms with E-state index in [1.54, 1.807) is 49.4 Å². The quantitative estimate of drug-likeness (QED) is 0.282. The average molecular weight is 512 g/mol. The second kappa shape index (κ2) is 10.6. The normalized spacial score (nSPS) is 15.8. The van der Waals surface area contributed by atoms with Crippen molar-refractivity contribution in [2.75, 3.05) is 14.2 Å². The molecule has 6 nitrogen and oxygen atoms in total. The summed E-state index contributed by atoms with van der Waals surface area (Å²) in [4.78, 5) is 26.3. The topological polar surface area (TPSA) is 65.1 Å². The number of carbonyl (C=O) groups is 2. The van der Waals surface area contributed by atoms with Crippen LogP contribution in [0.2, 0.25) is 10.0 Å². The molecule has 168 valence electrons. The van der Waals surface area contributed by atoms with Crippen molar-refractivity contribution in [3.05, 3.63) is 62.5 Å². The van der Waals surface area contributed by atoms with E-state index in [4.69, 9.17) is 49.6 Å². The van der Waals surface area contributed by atoms with Crippen LogP contribution < -0.4 is 9.47 Å². The van der Waals surface area contributed by atoms with Crippen LogP contribution in [-0.4, -0.2) is 41.4 Å². The first-order valence-corrected chi connectivity index (χ1v) is 11.3. The van der Waals surface area contributed by atoms with Gasteiger partial charge in [-0.05, 0) is 42.8 Å². The molecule has 0 aliphatic carbocycles. The van der Waals surface area contributed by atoms with Crippen molar-refractivity contribution in [3.63, 3.8) is 0 Å². The maximum atomic E-state index is 12.8. The molecule has 1 saturated heterocycles. The smallest absolute Gasteiger partial charge is 0.328 e. The SMILES string of the molecule is COC(=O)C(C)N1C(=O)C(=Cc2ccc(OCc3c(Cl)cccc3Cl)c(OC)c2)SC1=S. The van der Waals surface area contributed by atoms with Crippen LogP contribution >= 0.6 is 47.2 Å². The van der Waals surface area contributed by atoms with E-state index in [1.165, 1.54) is 19.1 Å². The minimum absolute atomic E-state index is 0.165. The minimum atomic E-state index is -0.805. The fourth-order valence-electron chi connectivity index (χ4n) is 2.95. The van der Waals surface area contributed by atoms with E-state index < -0.39 is 12.0 Å². The zero-order chi connectivity index (χ0) is 23.4. The van der Waals surface area contributed by atoms with E-state index >= 15 is 0 Å². The molecule has 1 atom stereocenters. The Bertz CT molecular complexity index is 1090. The Balaban J connectivity index is 1.80. The molecule has 0 aromatic heterocycles. The van der Waals surface area contributed by atoms with E-state index in [9.17, 15) is 9.59 Å². The van der Waals surface area contributed by atoms with Crippen LogP contribution in [0.15, 0.2) is 41.3 Å². The molecule has 1 unspecified atom stereocenters. The summed E-state index contributed by atoms with van der Waals surface area (Å²) in [5, 5.41) is 1.02. The van der Waals surface area contributed by atoms with Gasteiger partial charge in [0, 0.05) is 15.6 Å². The number of rotatable bonds is 7. The highest BCUT2D eigenvalue weighted by molar-refractivity contribution is 8.26. The zero-order valence-electron chi connectivity index (χ0n) is 17.4. The van der Waals surface area contributed by atoms with Gasteiger partial charge in [-0.2, -0.15) is 0 Å². The Morgan fingerprint density at radius 1 is 1.19 bits per heavy atom. The lowest BCUT2D eigenvalue weighted by atomic mass is 10.1. The van der Waals surface area contributed by atoms with Crippen molar-refractivity contribution in [1.29, 1.82) is 0 Å². The van der Waals surface area contributed by atoms with Gasteiger partial charge in [-0.15, -0.1) is 0 Å². The Morgan fingerprint density at radius 3 is 2.50 bits per heavy atom. The molecule has 0 bridgehead atoms. The Kier molecular flexibility index (Phi) is 8.05. The van der Waals surface area contributed by atoms with Crippen molar-refractivity contribution in [1.82, 2.24) is 4.90 Å². The number of carbonyl (C=O) groups excluding carboxylic acids is 2. The third-order valence-electron chi connectivity index (χ3n) is 4.67. The molecule has 0 spiro atoms. The van der Waals surface area contributed by atoms with Crippen LogP contribution in [0.5, 0.6) is 11.5 Å². The van der Waals surface area contributed by atoms with Gasteiger partial charge in [-0.25, -0.2) is 4.79 Å². The standard InChI is InChI=1S/C22H19Cl2NO5S2/c1-12(21(27)29-3)25-20(26)19(32-22(25)31)10-13-7-8-17(18(9-13)28-2)30-11-14-15(23)5-4-6-16(14)24/h4-10,12H,11H2,1-3H3. The predicted octanol–water partition coefficient (Wildman–Crippen LogP) is 5.34. The van der Waals surface area contributed by atoms with Crippen molar-refractivity contribution >= 4 is 69.5 Å². The van der Waals surface area contributed by atoms with Gasteiger partial charge in [-0.1, -0.05) is 59.3 Å². The van der Waals surface area contributed by atoms with E-state index in [0.29, 0.717) is 41.9 Å². The molecule has 1 aliphatic heterocycles. The first-order valence-electron chi connectivity index (χ1n) is 9.35. The number of halogens is 2. The van der Waals surface area contributed by atoms with Gasteiger partial charge in [0.1, 0.15) is 17.0 Å². The lowest BCUT2D eigenvalue weighted by molar-refractivity contribution is -0.147. The number of amides is 1. The van der Waals surface area contributed by atoms with Crippen LogP contribution in [0.4, 0.5) is 0 Å². The number of hydrogen-bond donors (Lipinski definition) is 0. The minimum Gasteiger partial charge on any atom is -0.493 e. The van der Waals surface area contributed by atoms with Crippen molar-refractivity contribution in [2.24, 2.45) is 0 Å². The summed E-state index contributed by atoms with van der Waals surface area (Å²) in [5.41, 5.74) is 1.38. The van der Waals surface area contributed by atoms with Gasteiger partial charge in [-0.3, -0.25) is 9.69 Å². The first-order chi connectivity index (χ1) is 15.3.